The van der Waals surface area contributed by atoms with E-state index in [1.54, 1.807) is 0 Å². The molecule has 2 unspecified atom stereocenters. The molecular weight excluding hydrogens is 190 g/mol. The molecule has 1 aliphatic rings. The van der Waals surface area contributed by atoms with Gasteiger partial charge in [0.1, 0.15) is 0 Å². The third kappa shape index (κ3) is 2.66. The molecule has 0 aliphatic carbocycles. The van der Waals surface area contributed by atoms with Crippen LogP contribution in [-0.4, -0.2) is 35.5 Å². The second kappa shape index (κ2) is 5.41. The van der Waals surface area contributed by atoms with E-state index in [9.17, 15) is 0 Å². The van der Waals surface area contributed by atoms with E-state index in [2.05, 4.69) is 38.9 Å². The van der Waals surface area contributed by atoms with Crippen LogP contribution in [0.1, 0.15) is 34.1 Å². The van der Waals surface area contributed by atoms with Crippen LogP contribution in [0.4, 0.5) is 0 Å². The van der Waals surface area contributed by atoms with E-state index in [1.807, 2.05) is 11.8 Å². The van der Waals surface area contributed by atoms with Gasteiger partial charge < -0.3 is 0 Å². The largest absolute Gasteiger partial charge is 0.297 e. The summed E-state index contributed by atoms with van der Waals surface area (Å²) in [4.78, 5) is 2.70. The van der Waals surface area contributed by atoms with Crippen LogP contribution in [0, 0.1) is 11.8 Å². The van der Waals surface area contributed by atoms with Gasteiger partial charge in [-0.2, -0.15) is 11.8 Å². The van der Waals surface area contributed by atoms with Crippen molar-refractivity contribution in [1.82, 2.24) is 4.90 Å². The van der Waals surface area contributed by atoms with Crippen LogP contribution in [0.3, 0.4) is 0 Å². The van der Waals surface area contributed by atoms with Crippen molar-refractivity contribution in [3.63, 3.8) is 0 Å². The second-order valence-electron chi connectivity index (χ2n) is 5.07. The minimum Gasteiger partial charge on any atom is -0.297 e. The van der Waals surface area contributed by atoms with E-state index in [-0.39, 0.29) is 0 Å². The molecule has 1 heterocycles. The first-order valence-electron chi connectivity index (χ1n) is 5.82. The maximum Gasteiger partial charge on any atom is 0.0157 e. The molecule has 2 atom stereocenters. The van der Waals surface area contributed by atoms with Gasteiger partial charge in [0.05, 0.1) is 0 Å². The number of nitrogens with zero attached hydrogens (tertiary/aromatic N) is 1. The van der Waals surface area contributed by atoms with Crippen molar-refractivity contribution in [1.29, 1.82) is 0 Å². The van der Waals surface area contributed by atoms with Crippen LogP contribution in [0.5, 0.6) is 0 Å². The van der Waals surface area contributed by atoms with Crippen LogP contribution in [0.15, 0.2) is 0 Å². The van der Waals surface area contributed by atoms with Crippen molar-refractivity contribution < 1.29 is 0 Å². The predicted molar refractivity (Wildman–Crippen MR) is 67.0 cm³/mol. The highest BCUT2D eigenvalue weighted by atomic mass is 32.2. The first-order valence-corrected chi connectivity index (χ1v) is 7.22. The van der Waals surface area contributed by atoms with Gasteiger partial charge in [0.2, 0.25) is 0 Å². The lowest BCUT2D eigenvalue weighted by molar-refractivity contribution is 0.146. The molecule has 1 fully saturated rings. The summed E-state index contributed by atoms with van der Waals surface area (Å²) < 4.78 is 0. The van der Waals surface area contributed by atoms with Gasteiger partial charge >= 0.3 is 0 Å². The maximum atomic E-state index is 2.70. The van der Waals surface area contributed by atoms with Gasteiger partial charge in [-0.25, -0.2) is 0 Å². The minimum absolute atomic E-state index is 0.717. The fourth-order valence-electron chi connectivity index (χ4n) is 2.83. The Morgan fingerprint density at radius 3 is 2.36 bits per heavy atom. The van der Waals surface area contributed by atoms with Crippen LogP contribution < -0.4 is 0 Å². The summed E-state index contributed by atoms with van der Waals surface area (Å²) in [5.41, 5.74) is 0. The topological polar surface area (TPSA) is 3.24 Å². The van der Waals surface area contributed by atoms with Crippen molar-refractivity contribution in [2.45, 2.75) is 46.2 Å². The zero-order valence-electron chi connectivity index (χ0n) is 10.3. The molecule has 0 bridgehead atoms. The summed E-state index contributed by atoms with van der Waals surface area (Å²) in [6, 6.07) is 1.54. The van der Waals surface area contributed by atoms with Gasteiger partial charge in [-0.3, -0.25) is 4.90 Å². The summed E-state index contributed by atoms with van der Waals surface area (Å²) in [7, 11) is 0. The predicted octanol–water partition coefficient (Wildman–Crippen LogP) is 3.10. The van der Waals surface area contributed by atoms with E-state index in [1.165, 1.54) is 18.7 Å². The van der Waals surface area contributed by atoms with Gasteiger partial charge in [-0.15, -0.1) is 0 Å². The molecular formula is C12H25NS. The Hall–Kier alpha value is 0.310. The van der Waals surface area contributed by atoms with Crippen molar-refractivity contribution in [3.05, 3.63) is 0 Å². The van der Waals surface area contributed by atoms with Gasteiger partial charge in [0.25, 0.3) is 0 Å². The number of likely N-dealkylation sites (tertiary alicyclic amines) is 1. The SMILES string of the molecule is CSCC1CCN(C(C)C)C1C(C)C. The summed E-state index contributed by atoms with van der Waals surface area (Å²) in [5, 5.41) is 0. The number of hydrogen-bond donors (Lipinski definition) is 0. The second-order valence-corrected chi connectivity index (χ2v) is 5.98. The average Bonchev–Trinajstić information content (AvgIpc) is 2.48. The lowest BCUT2D eigenvalue weighted by Gasteiger charge is -2.34. The molecule has 0 aromatic carbocycles. The van der Waals surface area contributed by atoms with Gasteiger partial charge in [0.15, 0.2) is 0 Å². The van der Waals surface area contributed by atoms with Crippen molar-refractivity contribution in [2.24, 2.45) is 11.8 Å². The molecule has 2 heteroatoms. The molecule has 0 aromatic rings. The minimum atomic E-state index is 0.717. The molecule has 0 N–H and O–H groups in total. The normalized spacial score (nSPS) is 29.4. The van der Waals surface area contributed by atoms with Crippen molar-refractivity contribution in [2.75, 3.05) is 18.6 Å². The first-order chi connectivity index (χ1) is 6.57. The average molecular weight is 215 g/mol. The Morgan fingerprint density at radius 2 is 1.93 bits per heavy atom. The Bertz CT molecular complexity index is 168. The summed E-state index contributed by atoms with van der Waals surface area (Å²) >= 11 is 2.01. The van der Waals surface area contributed by atoms with E-state index < -0.39 is 0 Å². The lowest BCUT2D eigenvalue weighted by Crippen LogP contribution is -2.41. The van der Waals surface area contributed by atoms with E-state index >= 15 is 0 Å². The lowest BCUT2D eigenvalue weighted by atomic mass is 9.92. The van der Waals surface area contributed by atoms with Gasteiger partial charge in [-0.05, 0) is 50.7 Å². The van der Waals surface area contributed by atoms with Gasteiger partial charge in [-0.1, -0.05) is 13.8 Å². The zero-order valence-corrected chi connectivity index (χ0v) is 11.1. The fraction of sp³-hybridized carbons (Fsp3) is 1.00. The maximum absolute atomic E-state index is 2.70. The third-order valence-electron chi connectivity index (χ3n) is 3.35. The van der Waals surface area contributed by atoms with E-state index in [0.717, 1.165) is 17.9 Å². The molecule has 0 radical (unpaired) electrons. The summed E-state index contributed by atoms with van der Waals surface area (Å²) in [6.45, 7) is 10.7. The molecule has 0 aromatic heterocycles. The highest BCUT2D eigenvalue weighted by Gasteiger charge is 2.36. The van der Waals surface area contributed by atoms with Crippen molar-refractivity contribution in [3.8, 4) is 0 Å². The monoisotopic (exact) mass is 215 g/mol. The first kappa shape index (κ1) is 12.4. The molecule has 0 amide bonds. The van der Waals surface area contributed by atoms with Crippen LogP contribution in [0.25, 0.3) is 0 Å². The Labute approximate surface area is 93.6 Å². The third-order valence-corrected chi connectivity index (χ3v) is 4.11. The standard InChI is InChI=1S/C12H25NS/c1-9(2)12-11(8-14-5)6-7-13(12)10(3)4/h9-12H,6-8H2,1-5H3. The smallest absolute Gasteiger partial charge is 0.0157 e. The molecule has 1 nitrogen and oxygen atoms in total. The van der Waals surface area contributed by atoms with Crippen molar-refractivity contribution >= 4 is 11.8 Å². The molecule has 14 heavy (non-hydrogen) atoms. The quantitative estimate of drug-likeness (QED) is 0.709. The Morgan fingerprint density at radius 1 is 1.29 bits per heavy atom. The Kier molecular flexibility index (Phi) is 4.78. The zero-order chi connectivity index (χ0) is 10.7. The summed E-state index contributed by atoms with van der Waals surface area (Å²) in [5.74, 6) is 3.07. The van der Waals surface area contributed by atoms with Crippen LogP contribution in [-0.2, 0) is 0 Å². The molecule has 0 saturated carbocycles. The molecule has 1 rings (SSSR count). The molecule has 84 valence electrons. The van der Waals surface area contributed by atoms with Gasteiger partial charge in [0, 0.05) is 12.1 Å². The van der Waals surface area contributed by atoms with Crippen LogP contribution >= 0.6 is 11.8 Å². The fourth-order valence-corrected chi connectivity index (χ4v) is 3.62. The number of hydrogen-bond acceptors (Lipinski definition) is 2. The highest BCUT2D eigenvalue weighted by Crippen LogP contribution is 2.32. The summed E-state index contributed by atoms with van der Waals surface area (Å²) in [6.07, 6.45) is 3.64. The van der Waals surface area contributed by atoms with Crippen LogP contribution in [0.2, 0.25) is 0 Å². The molecule has 1 aliphatic heterocycles. The number of rotatable bonds is 4. The Balaban J connectivity index is 2.64. The van der Waals surface area contributed by atoms with E-state index in [0.29, 0.717) is 6.04 Å². The highest BCUT2D eigenvalue weighted by molar-refractivity contribution is 7.98. The van der Waals surface area contributed by atoms with E-state index in [4.69, 9.17) is 0 Å². The molecule has 0 spiro atoms. The number of thioether (sulfide) groups is 1. The molecule has 1 saturated heterocycles.